The first-order chi connectivity index (χ1) is 15.0. The predicted octanol–water partition coefficient (Wildman–Crippen LogP) is 4.16. The summed E-state index contributed by atoms with van der Waals surface area (Å²) in [6, 6.07) is 24.1. The maximum atomic E-state index is 13.4. The molecule has 7 heteroatoms. The van der Waals surface area contributed by atoms with E-state index in [1.807, 2.05) is 37.3 Å². The molecular formula is C24H26N2O4S. The van der Waals surface area contributed by atoms with Crippen LogP contribution in [-0.2, 0) is 14.8 Å². The molecule has 0 heterocycles. The van der Waals surface area contributed by atoms with Crippen LogP contribution in [0.15, 0.2) is 89.8 Å². The zero-order chi connectivity index (χ0) is 22.3. The van der Waals surface area contributed by atoms with Crippen molar-refractivity contribution >= 4 is 21.6 Å². The normalized spacial score (nSPS) is 12.1. The minimum Gasteiger partial charge on any atom is -0.497 e. The van der Waals surface area contributed by atoms with Crippen LogP contribution in [0.5, 0.6) is 5.75 Å². The SMILES string of the molecule is CCC(NC(=O)CN(c1ccccc1)S(=O)(=O)c1ccc(OC)cc1)c1ccccc1. The molecule has 0 aliphatic carbocycles. The zero-order valence-electron chi connectivity index (χ0n) is 17.6. The van der Waals surface area contributed by atoms with Gasteiger partial charge in [0.1, 0.15) is 12.3 Å². The number of carbonyl (C=O) groups excluding carboxylic acids is 1. The molecule has 3 rings (SSSR count). The van der Waals surface area contributed by atoms with Crippen molar-refractivity contribution in [2.24, 2.45) is 0 Å². The fourth-order valence-corrected chi connectivity index (χ4v) is 4.68. The first-order valence-electron chi connectivity index (χ1n) is 10.0. The highest BCUT2D eigenvalue weighted by atomic mass is 32.2. The molecule has 0 aromatic heterocycles. The number of benzene rings is 3. The first kappa shape index (κ1) is 22.4. The fourth-order valence-electron chi connectivity index (χ4n) is 3.26. The number of para-hydroxylation sites is 1. The number of hydrogen-bond donors (Lipinski definition) is 1. The average Bonchev–Trinajstić information content (AvgIpc) is 2.82. The Balaban J connectivity index is 1.88. The van der Waals surface area contributed by atoms with Crippen LogP contribution >= 0.6 is 0 Å². The van der Waals surface area contributed by atoms with Gasteiger partial charge in [-0.2, -0.15) is 0 Å². The lowest BCUT2D eigenvalue weighted by Crippen LogP contribution is -2.42. The Morgan fingerprint density at radius 3 is 2.06 bits per heavy atom. The second-order valence-corrected chi connectivity index (χ2v) is 8.82. The van der Waals surface area contributed by atoms with Crippen molar-refractivity contribution in [2.75, 3.05) is 18.0 Å². The van der Waals surface area contributed by atoms with Gasteiger partial charge in [0.25, 0.3) is 10.0 Å². The Morgan fingerprint density at radius 1 is 0.935 bits per heavy atom. The predicted molar refractivity (Wildman–Crippen MR) is 122 cm³/mol. The molecule has 3 aromatic carbocycles. The van der Waals surface area contributed by atoms with E-state index in [4.69, 9.17) is 4.74 Å². The van der Waals surface area contributed by atoms with Crippen molar-refractivity contribution in [3.8, 4) is 5.75 Å². The minimum absolute atomic E-state index is 0.0834. The Morgan fingerprint density at radius 2 is 1.52 bits per heavy atom. The molecule has 0 aliphatic rings. The van der Waals surface area contributed by atoms with Gasteiger partial charge < -0.3 is 10.1 Å². The number of nitrogens with one attached hydrogen (secondary N) is 1. The molecule has 3 aromatic rings. The summed E-state index contributed by atoms with van der Waals surface area (Å²) in [5, 5.41) is 2.96. The van der Waals surface area contributed by atoms with Crippen LogP contribution in [0, 0.1) is 0 Å². The van der Waals surface area contributed by atoms with Crippen molar-refractivity contribution in [3.05, 3.63) is 90.5 Å². The second kappa shape index (κ2) is 10.1. The number of amides is 1. The topological polar surface area (TPSA) is 75.7 Å². The van der Waals surface area contributed by atoms with Crippen LogP contribution in [0.1, 0.15) is 24.9 Å². The van der Waals surface area contributed by atoms with E-state index in [9.17, 15) is 13.2 Å². The Labute approximate surface area is 183 Å². The summed E-state index contributed by atoms with van der Waals surface area (Å²) in [4.78, 5) is 13.0. The molecule has 0 aliphatic heterocycles. The third kappa shape index (κ3) is 5.44. The second-order valence-electron chi connectivity index (χ2n) is 6.96. The standard InChI is InChI=1S/C24H26N2O4S/c1-3-23(19-10-6-4-7-11-19)25-24(27)18-26(20-12-8-5-9-13-20)31(28,29)22-16-14-21(30-2)15-17-22/h4-17,23H,3,18H2,1-2H3,(H,25,27). The quantitative estimate of drug-likeness (QED) is 0.544. The molecule has 6 nitrogen and oxygen atoms in total. The van der Waals surface area contributed by atoms with Crippen LogP contribution in [0.2, 0.25) is 0 Å². The number of hydrogen-bond acceptors (Lipinski definition) is 4. The van der Waals surface area contributed by atoms with Crippen molar-refractivity contribution in [3.63, 3.8) is 0 Å². The minimum atomic E-state index is -3.96. The van der Waals surface area contributed by atoms with Gasteiger partial charge in [-0.25, -0.2) is 8.42 Å². The third-order valence-electron chi connectivity index (χ3n) is 4.92. The summed E-state index contributed by atoms with van der Waals surface area (Å²) in [6.07, 6.45) is 0.687. The van der Waals surface area contributed by atoms with Crippen LogP contribution in [-0.4, -0.2) is 28.0 Å². The highest BCUT2D eigenvalue weighted by Crippen LogP contribution is 2.25. The molecule has 1 unspecified atom stereocenters. The van der Waals surface area contributed by atoms with E-state index >= 15 is 0 Å². The third-order valence-corrected chi connectivity index (χ3v) is 6.71. The van der Waals surface area contributed by atoms with Crippen LogP contribution in [0.25, 0.3) is 0 Å². The smallest absolute Gasteiger partial charge is 0.264 e. The van der Waals surface area contributed by atoms with Crippen molar-refractivity contribution in [1.82, 2.24) is 5.32 Å². The number of nitrogens with zero attached hydrogens (tertiary/aromatic N) is 1. The number of rotatable bonds is 9. The van der Waals surface area contributed by atoms with Gasteiger partial charge in [-0.1, -0.05) is 55.5 Å². The van der Waals surface area contributed by atoms with Crippen molar-refractivity contribution in [1.29, 1.82) is 0 Å². The van der Waals surface area contributed by atoms with Crippen LogP contribution in [0.3, 0.4) is 0 Å². The van der Waals surface area contributed by atoms with Gasteiger partial charge in [0.05, 0.1) is 23.7 Å². The largest absolute Gasteiger partial charge is 0.497 e. The summed E-state index contributed by atoms with van der Waals surface area (Å²) in [5.74, 6) is 0.174. The maximum Gasteiger partial charge on any atom is 0.264 e. The summed E-state index contributed by atoms with van der Waals surface area (Å²) in [7, 11) is -2.45. The molecule has 1 atom stereocenters. The van der Waals surface area contributed by atoms with Gasteiger partial charge in [0.2, 0.25) is 5.91 Å². The summed E-state index contributed by atoms with van der Waals surface area (Å²) >= 11 is 0. The van der Waals surface area contributed by atoms with Gasteiger partial charge in [-0.3, -0.25) is 9.10 Å². The van der Waals surface area contributed by atoms with E-state index in [2.05, 4.69) is 5.32 Å². The lowest BCUT2D eigenvalue weighted by atomic mass is 10.0. The monoisotopic (exact) mass is 438 g/mol. The van der Waals surface area contributed by atoms with Gasteiger partial charge in [0, 0.05) is 0 Å². The van der Waals surface area contributed by atoms with E-state index in [-0.39, 0.29) is 23.4 Å². The molecule has 0 radical (unpaired) electrons. The number of methoxy groups -OCH3 is 1. The number of anilines is 1. The van der Waals surface area contributed by atoms with Crippen molar-refractivity contribution in [2.45, 2.75) is 24.3 Å². The van der Waals surface area contributed by atoms with E-state index < -0.39 is 10.0 Å². The van der Waals surface area contributed by atoms with E-state index in [1.54, 1.807) is 42.5 Å². The van der Waals surface area contributed by atoms with Crippen LogP contribution < -0.4 is 14.4 Å². The molecule has 0 bridgehead atoms. The zero-order valence-corrected chi connectivity index (χ0v) is 18.4. The molecule has 1 amide bonds. The Kier molecular flexibility index (Phi) is 7.31. The summed E-state index contributed by atoms with van der Waals surface area (Å²) < 4.78 is 33.0. The molecule has 0 saturated carbocycles. The molecule has 0 spiro atoms. The molecule has 0 saturated heterocycles. The fraction of sp³-hybridized carbons (Fsp3) is 0.208. The first-order valence-corrected chi connectivity index (χ1v) is 11.5. The van der Waals surface area contributed by atoms with E-state index in [0.29, 0.717) is 17.9 Å². The average molecular weight is 439 g/mol. The highest BCUT2D eigenvalue weighted by molar-refractivity contribution is 7.92. The molecule has 31 heavy (non-hydrogen) atoms. The van der Waals surface area contributed by atoms with Crippen molar-refractivity contribution < 1.29 is 17.9 Å². The number of ether oxygens (including phenoxy) is 1. The van der Waals surface area contributed by atoms with Crippen LogP contribution in [0.4, 0.5) is 5.69 Å². The maximum absolute atomic E-state index is 13.4. The number of sulfonamides is 1. The summed E-state index contributed by atoms with van der Waals surface area (Å²) in [5.41, 5.74) is 1.39. The van der Waals surface area contributed by atoms with Gasteiger partial charge in [-0.15, -0.1) is 0 Å². The molecule has 0 fully saturated rings. The highest BCUT2D eigenvalue weighted by Gasteiger charge is 2.28. The van der Waals surface area contributed by atoms with E-state index in [1.165, 1.54) is 19.2 Å². The lowest BCUT2D eigenvalue weighted by molar-refractivity contribution is -0.120. The Bertz CT molecular complexity index is 1090. The lowest BCUT2D eigenvalue weighted by Gasteiger charge is -2.25. The van der Waals surface area contributed by atoms with Gasteiger partial charge >= 0.3 is 0 Å². The van der Waals surface area contributed by atoms with E-state index in [0.717, 1.165) is 9.87 Å². The molecule has 162 valence electrons. The molecular weight excluding hydrogens is 412 g/mol. The van der Waals surface area contributed by atoms with Gasteiger partial charge in [-0.05, 0) is 48.4 Å². The summed E-state index contributed by atoms with van der Waals surface area (Å²) in [6.45, 7) is 1.64. The molecule has 1 N–H and O–H groups in total. The Hall–Kier alpha value is -3.32. The van der Waals surface area contributed by atoms with Gasteiger partial charge in [0.15, 0.2) is 0 Å². The number of carbonyl (C=O) groups is 1.